The van der Waals surface area contributed by atoms with Gasteiger partial charge in [-0.1, -0.05) is 26.7 Å². The van der Waals surface area contributed by atoms with Crippen molar-refractivity contribution in [1.29, 1.82) is 0 Å². The molecular formula is C9H19NS. The molecule has 66 valence electrons. The third-order valence-electron chi connectivity index (χ3n) is 2.68. The zero-order valence-corrected chi connectivity index (χ0v) is 8.40. The zero-order valence-electron chi connectivity index (χ0n) is 7.51. The van der Waals surface area contributed by atoms with Crippen molar-refractivity contribution in [3.8, 4) is 0 Å². The van der Waals surface area contributed by atoms with Crippen LogP contribution in [-0.2, 0) is 0 Å². The molecule has 3 atom stereocenters. The van der Waals surface area contributed by atoms with Gasteiger partial charge in [0.1, 0.15) is 0 Å². The molecular weight excluding hydrogens is 154 g/mol. The number of hydrogen-bond acceptors (Lipinski definition) is 2. The highest BCUT2D eigenvalue weighted by atomic mass is 32.1. The van der Waals surface area contributed by atoms with Gasteiger partial charge in [0.15, 0.2) is 0 Å². The molecule has 1 aliphatic carbocycles. The van der Waals surface area contributed by atoms with E-state index in [4.69, 9.17) is 5.73 Å². The van der Waals surface area contributed by atoms with E-state index in [1.54, 1.807) is 0 Å². The van der Waals surface area contributed by atoms with Crippen molar-refractivity contribution in [1.82, 2.24) is 0 Å². The number of nitrogens with two attached hydrogens (primary N) is 1. The van der Waals surface area contributed by atoms with Gasteiger partial charge in [-0.15, -0.1) is 0 Å². The molecule has 0 aromatic rings. The highest BCUT2D eigenvalue weighted by molar-refractivity contribution is 7.81. The number of thiol groups is 1. The monoisotopic (exact) mass is 173 g/mol. The Labute approximate surface area is 75.1 Å². The highest BCUT2D eigenvalue weighted by Gasteiger charge is 2.45. The Balaban J connectivity index is 2.28. The van der Waals surface area contributed by atoms with Crippen molar-refractivity contribution in [3.05, 3.63) is 0 Å². The number of hydrogen-bond donors (Lipinski definition) is 2. The van der Waals surface area contributed by atoms with Crippen LogP contribution in [0.5, 0.6) is 0 Å². The normalized spacial score (nSPS) is 34.9. The quantitative estimate of drug-likeness (QED) is 0.495. The summed E-state index contributed by atoms with van der Waals surface area (Å²) >= 11 is 4.52. The second kappa shape index (κ2) is 3.36. The lowest BCUT2D eigenvalue weighted by Gasteiger charge is -2.23. The first-order valence-corrected chi connectivity index (χ1v) is 5.04. The zero-order chi connectivity index (χ0) is 8.48. The molecule has 3 unspecified atom stereocenters. The summed E-state index contributed by atoms with van der Waals surface area (Å²) in [6.07, 6.45) is 4.79. The summed E-state index contributed by atoms with van der Waals surface area (Å²) in [5.74, 6) is 1.49. The van der Waals surface area contributed by atoms with Gasteiger partial charge < -0.3 is 5.73 Å². The van der Waals surface area contributed by atoms with Crippen LogP contribution in [0.2, 0.25) is 0 Å². The van der Waals surface area contributed by atoms with Crippen LogP contribution in [0.3, 0.4) is 0 Å². The van der Waals surface area contributed by atoms with E-state index in [9.17, 15) is 0 Å². The molecule has 2 N–H and O–H groups in total. The molecule has 1 rings (SSSR count). The molecule has 0 amide bonds. The van der Waals surface area contributed by atoms with Gasteiger partial charge in [-0.05, 0) is 24.7 Å². The lowest BCUT2D eigenvalue weighted by Crippen LogP contribution is -2.36. The first-order valence-electron chi connectivity index (χ1n) is 4.59. The van der Waals surface area contributed by atoms with Crippen LogP contribution >= 0.6 is 12.6 Å². The van der Waals surface area contributed by atoms with Crippen LogP contribution in [0.1, 0.15) is 39.5 Å². The van der Waals surface area contributed by atoms with Crippen molar-refractivity contribution in [3.63, 3.8) is 0 Å². The molecule has 1 saturated carbocycles. The first kappa shape index (κ1) is 9.40. The molecule has 1 nitrogen and oxygen atoms in total. The summed E-state index contributed by atoms with van der Waals surface area (Å²) in [7, 11) is 0. The predicted molar refractivity (Wildman–Crippen MR) is 52.7 cm³/mol. The Morgan fingerprint density at radius 3 is 2.55 bits per heavy atom. The minimum atomic E-state index is -0.171. The van der Waals surface area contributed by atoms with Crippen LogP contribution < -0.4 is 5.73 Å². The smallest absolute Gasteiger partial charge is 0.0621 e. The van der Waals surface area contributed by atoms with E-state index in [0.29, 0.717) is 5.92 Å². The first-order chi connectivity index (χ1) is 5.08. The van der Waals surface area contributed by atoms with Gasteiger partial charge in [0.2, 0.25) is 0 Å². The summed E-state index contributed by atoms with van der Waals surface area (Å²) in [6, 6.07) is 0. The maximum atomic E-state index is 6.06. The van der Waals surface area contributed by atoms with Crippen LogP contribution in [0.15, 0.2) is 0 Å². The van der Waals surface area contributed by atoms with Gasteiger partial charge in [-0.2, -0.15) is 12.6 Å². The Bertz CT molecular complexity index is 134. The molecule has 0 spiro atoms. The maximum absolute atomic E-state index is 6.06. The van der Waals surface area contributed by atoms with Crippen LogP contribution in [0, 0.1) is 11.8 Å². The molecule has 0 saturated heterocycles. The standard InChI is InChI=1S/C9H19NS/c1-3-4-5-9(10,11)8-6-7(8)2/h7-8,11H,3-6,10H2,1-2H3. The fourth-order valence-corrected chi connectivity index (χ4v) is 2.18. The van der Waals surface area contributed by atoms with Crippen LogP contribution in [0.25, 0.3) is 0 Å². The largest absolute Gasteiger partial charge is 0.317 e. The van der Waals surface area contributed by atoms with E-state index in [2.05, 4.69) is 26.5 Å². The summed E-state index contributed by atoms with van der Waals surface area (Å²) in [4.78, 5) is -0.171. The van der Waals surface area contributed by atoms with Crippen molar-refractivity contribution in [2.24, 2.45) is 17.6 Å². The molecule has 0 aliphatic heterocycles. The number of rotatable bonds is 4. The Kier molecular flexibility index (Phi) is 2.87. The fourth-order valence-electron chi connectivity index (χ4n) is 1.66. The molecule has 0 bridgehead atoms. The average Bonchev–Trinajstić information content (AvgIpc) is 2.63. The van der Waals surface area contributed by atoms with Crippen molar-refractivity contribution in [2.45, 2.75) is 44.4 Å². The van der Waals surface area contributed by atoms with Gasteiger partial charge >= 0.3 is 0 Å². The lowest BCUT2D eigenvalue weighted by atomic mass is 10.0. The summed E-state index contributed by atoms with van der Waals surface area (Å²) in [5, 5.41) is 0. The summed E-state index contributed by atoms with van der Waals surface area (Å²) in [6.45, 7) is 4.45. The molecule has 1 fully saturated rings. The van der Waals surface area contributed by atoms with Gasteiger partial charge in [0.05, 0.1) is 4.87 Å². The lowest BCUT2D eigenvalue weighted by molar-refractivity contribution is 0.462. The van der Waals surface area contributed by atoms with Crippen LogP contribution in [0.4, 0.5) is 0 Å². The molecule has 0 aromatic heterocycles. The Morgan fingerprint density at radius 1 is 1.64 bits per heavy atom. The minimum absolute atomic E-state index is 0.171. The van der Waals surface area contributed by atoms with E-state index in [-0.39, 0.29) is 4.87 Å². The second-order valence-corrected chi connectivity index (χ2v) is 4.75. The molecule has 0 heterocycles. The highest BCUT2D eigenvalue weighted by Crippen LogP contribution is 2.48. The predicted octanol–water partition coefficient (Wildman–Crippen LogP) is 2.42. The maximum Gasteiger partial charge on any atom is 0.0621 e. The second-order valence-electron chi connectivity index (χ2n) is 3.91. The fraction of sp³-hybridized carbons (Fsp3) is 1.00. The van der Waals surface area contributed by atoms with Crippen LogP contribution in [-0.4, -0.2) is 4.87 Å². The van der Waals surface area contributed by atoms with E-state index in [0.717, 1.165) is 12.3 Å². The molecule has 0 aromatic carbocycles. The SMILES string of the molecule is CCCCC(N)(S)C1CC1C. The summed E-state index contributed by atoms with van der Waals surface area (Å²) in [5.41, 5.74) is 6.06. The molecule has 1 aliphatic rings. The van der Waals surface area contributed by atoms with Gasteiger partial charge in [0, 0.05) is 0 Å². The van der Waals surface area contributed by atoms with Gasteiger partial charge in [-0.3, -0.25) is 0 Å². The van der Waals surface area contributed by atoms with E-state index in [1.807, 2.05) is 0 Å². The van der Waals surface area contributed by atoms with Gasteiger partial charge in [0.25, 0.3) is 0 Å². The van der Waals surface area contributed by atoms with Crippen molar-refractivity contribution < 1.29 is 0 Å². The molecule has 2 heteroatoms. The van der Waals surface area contributed by atoms with E-state index < -0.39 is 0 Å². The Hall–Kier alpha value is 0.310. The summed E-state index contributed by atoms with van der Waals surface area (Å²) < 4.78 is 0. The van der Waals surface area contributed by atoms with E-state index in [1.165, 1.54) is 19.3 Å². The number of unbranched alkanes of at least 4 members (excludes halogenated alkanes) is 1. The van der Waals surface area contributed by atoms with Crippen molar-refractivity contribution >= 4 is 12.6 Å². The average molecular weight is 173 g/mol. The third kappa shape index (κ3) is 2.38. The Morgan fingerprint density at radius 2 is 2.18 bits per heavy atom. The van der Waals surface area contributed by atoms with E-state index >= 15 is 0 Å². The van der Waals surface area contributed by atoms with Crippen molar-refractivity contribution in [2.75, 3.05) is 0 Å². The van der Waals surface area contributed by atoms with Gasteiger partial charge in [-0.25, -0.2) is 0 Å². The topological polar surface area (TPSA) is 26.0 Å². The minimum Gasteiger partial charge on any atom is -0.317 e. The molecule has 0 radical (unpaired) electrons. The third-order valence-corrected chi connectivity index (χ3v) is 3.24. The molecule has 11 heavy (non-hydrogen) atoms.